The summed E-state index contributed by atoms with van der Waals surface area (Å²) in [5, 5.41) is 21.3. The number of pyridine rings is 1. The first-order valence-corrected chi connectivity index (χ1v) is 8.20. The molecule has 7 nitrogen and oxygen atoms in total. The van der Waals surface area contributed by atoms with E-state index in [9.17, 15) is 10.1 Å². The Kier molecular flexibility index (Phi) is 4.74. The maximum Gasteiger partial charge on any atom is 0.311 e. The van der Waals surface area contributed by atoms with Crippen molar-refractivity contribution in [2.45, 2.75) is 0 Å². The van der Waals surface area contributed by atoms with Crippen molar-refractivity contribution in [1.82, 2.24) is 9.88 Å². The lowest BCUT2D eigenvalue weighted by Gasteiger charge is -2.35. The molecule has 0 spiro atoms. The van der Waals surface area contributed by atoms with Crippen molar-refractivity contribution >= 4 is 38.2 Å². The summed E-state index contributed by atoms with van der Waals surface area (Å²) in [7, 11) is 0. The first-order valence-electron chi connectivity index (χ1n) is 7.41. The molecule has 122 valence electrons. The van der Waals surface area contributed by atoms with Gasteiger partial charge in [0.05, 0.1) is 17.0 Å². The summed E-state index contributed by atoms with van der Waals surface area (Å²) in [6.07, 6.45) is 1.34. The number of aliphatic hydroxyl groups excluding tert-OH is 1. The molecule has 1 fully saturated rings. The minimum absolute atomic E-state index is 0.0335. The molecule has 0 atom stereocenters. The van der Waals surface area contributed by atoms with Gasteiger partial charge in [0.1, 0.15) is 11.9 Å². The first-order chi connectivity index (χ1) is 11.1. The summed E-state index contributed by atoms with van der Waals surface area (Å²) in [6, 6.07) is 5.61. The van der Waals surface area contributed by atoms with Gasteiger partial charge in [0.25, 0.3) is 0 Å². The van der Waals surface area contributed by atoms with Gasteiger partial charge in [0, 0.05) is 42.6 Å². The Hall–Kier alpha value is -1.77. The van der Waals surface area contributed by atoms with Gasteiger partial charge in [-0.25, -0.2) is 4.98 Å². The van der Waals surface area contributed by atoms with Gasteiger partial charge in [-0.2, -0.15) is 0 Å². The predicted octanol–water partition coefficient (Wildman–Crippen LogP) is 2.02. The van der Waals surface area contributed by atoms with Crippen LogP contribution in [0.25, 0.3) is 10.9 Å². The molecule has 1 saturated heterocycles. The van der Waals surface area contributed by atoms with Crippen LogP contribution in [0.5, 0.6) is 0 Å². The Morgan fingerprint density at radius 3 is 2.70 bits per heavy atom. The van der Waals surface area contributed by atoms with Crippen LogP contribution in [0.1, 0.15) is 0 Å². The van der Waals surface area contributed by atoms with Gasteiger partial charge in [0.15, 0.2) is 0 Å². The van der Waals surface area contributed by atoms with Crippen molar-refractivity contribution in [1.29, 1.82) is 0 Å². The predicted molar refractivity (Wildman–Crippen MR) is 91.8 cm³/mol. The smallest absolute Gasteiger partial charge is 0.311 e. The second kappa shape index (κ2) is 6.77. The van der Waals surface area contributed by atoms with Crippen LogP contribution in [0, 0.1) is 10.1 Å². The van der Waals surface area contributed by atoms with Crippen molar-refractivity contribution in [2.75, 3.05) is 44.2 Å². The van der Waals surface area contributed by atoms with E-state index in [0.717, 1.165) is 28.5 Å². The second-order valence-electron chi connectivity index (χ2n) is 5.46. The van der Waals surface area contributed by atoms with E-state index in [1.54, 1.807) is 0 Å². The summed E-state index contributed by atoms with van der Waals surface area (Å²) in [5.41, 5.74) is 1.41. The minimum Gasteiger partial charge on any atom is -0.395 e. The summed E-state index contributed by atoms with van der Waals surface area (Å²) in [6.45, 7) is 3.69. The lowest BCUT2D eigenvalue weighted by Crippen LogP contribution is -2.47. The number of benzene rings is 1. The number of nitro groups is 1. The third-order valence-corrected chi connectivity index (χ3v) is 4.58. The Labute approximate surface area is 141 Å². The zero-order valence-electron chi connectivity index (χ0n) is 12.5. The molecule has 0 saturated carbocycles. The standard InChI is InChI=1S/C15H17BrN4O3/c16-11-1-2-13-12(9-11)15(14(10-17-13)20(22)23)19-5-3-18(4-6-19)7-8-21/h1-2,9-10,21H,3-8H2. The number of rotatable bonds is 4. The maximum absolute atomic E-state index is 11.4. The van der Waals surface area contributed by atoms with Crippen molar-refractivity contribution in [3.63, 3.8) is 0 Å². The van der Waals surface area contributed by atoms with Crippen LogP contribution in [0.15, 0.2) is 28.9 Å². The molecule has 1 aliphatic heterocycles. The fraction of sp³-hybridized carbons (Fsp3) is 0.400. The third kappa shape index (κ3) is 3.29. The molecule has 1 aromatic heterocycles. The van der Waals surface area contributed by atoms with Crippen LogP contribution in [0.2, 0.25) is 0 Å². The second-order valence-corrected chi connectivity index (χ2v) is 6.38. The third-order valence-electron chi connectivity index (χ3n) is 4.08. The molecule has 0 radical (unpaired) electrons. The van der Waals surface area contributed by atoms with Crippen molar-refractivity contribution in [2.24, 2.45) is 0 Å². The Morgan fingerprint density at radius 2 is 2.04 bits per heavy atom. The van der Waals surface area contributed by atoms with Gasteiger partial charge in [0.2, 0.25) is 0 Å². The van der Waals surface area contributed by atoms with Crippen LogP contribution < -0.4 is 4.90 Å². The van der Waals surface area contributed by atoms with Gasteiger partial charge < -0.3 is 10.0 Å². The first kappa shape index (κ1) is 16.1. The molecule has 23 heavy (non-hydrogen) atoms. The number of halogens is 1. The van der Waals surface area contributed by atoms with E-state index in [1.807, 2.05) is 23.1 Å². The van der Waals surface area contributed by atoms with E-state index in [0.29, 0.717) is 25.3 Å². The number of hydrogen-bond donors (Lipinski definition) is 1. The molecule has 0 unspecified atom stereocenters. The molecule has 2 heterocycles. The Bertz CT molecular complexity index is 732. The summed E-state index contributed by atoms with van der Waals surface area (Å²) >= 11 is 3.43. The molecule has 1 aromatic carbocycles. The normalized spacial score (nSPS) is 16.0. The van der Waals surface area contributed by atoms with E-state index in [1.165, 1.54) is 6.20 Å². The number of β-amino-alcohol motifs (C(OH)–C–C–N with tert-alkyl or cyclic N) is 1. The average Bonchev–Trinajstić information content (AvgIpc) is 2.54. The highest BCUT2D eigenvalue weighted by Crippen LogP contribution is 2.36. The number of nitrogens with zero attached hydrogens (tertiary/aromatic N) is 4. The van der Waals surface area contributed by atoms with Gasteiger partial charge in [-0.3, -0.25) is 15.0 Å². The summed E-state index contributed by atoms with van der Waals surface area (Å²) < 4.78 is 0.868. The average molecular weight is 381 g/mol. The molecular formula is C15H17BrN4O3. The van der Waals surface area contributed by atoms with E-state index in [4.69, 9.17) is 5.11 Å². The maximum atomic E-state index is 11.4. The fourth-order valence-corrected chi connectivity index (χ4v) is 3.30. The highest BCUT2D eigenvalue weighted by atomic mass is 79.9. The van der Waals surface area contributed by atoms with Crippen molar-refractivity contribution in [3.8, 4) is 0 Å². The van der Waals surface area contributed by atoms with Crippen LogP contribution >= 0.6 is 15.9 Å². The number of hydrogen-bond acceptors (Lipinski definition) is 6. The SMILES string of the molecule is O=[N+]([O-])c1cnc2ccc(Br)cc2c1N1CCN(CCO)CC1. The summed E-state index contributed by atoms with van der Waals surface area (Å²) in [5.74, 6) is 0. The van der Waals surface area contributed by atoms with Crippen LogP contribution in [-0.4, -0.2) is 59.2 Å². The van der Waals surface area contributed by atoms with Crippen molar-refractivity contribution in [3.05, 3.63) is 39.0 Å². The van der Waals surface area contributed by atoms with E-state index < -0.39 is 0 Å². The topological polar surface area (TPSA) is 82.7 Å². The zero-order valence-corrected chi connectivity index (χ0v) is 14.1. The number of aliphatic hydroxyl groups is 1. The van der Waals surface area contributed by atoms with Gasteiger partial charge in [-0.05, 0) is 18.2 Å². The fourth-order valence-electron chi connectivity index (χ4n) is 2.94. The monoisotopic (exact) mass is 380 g/mol. The Morgan fingerprint density at radius 1 is 1.30 bits per heavy atom. The number of aromatic nitrogens is 1. The quantitative estimate of drug-likeness (QED) is 0.645. The highest BCUT2D eigenvalue weighted by Gasteiger charge is 2.26. The van der Waals surface area contributed by atoms with Crippen LogP contribution in [0.4, 0.5) is 11.4 Å². The lowest BCUT2D eigenvalue weighted by molar-refractivity contribution is -0.384. The molecule has 0 aliphatic carbocycles. The Balaban J connectivity index is 2.02. The molecule has 0 bridgehead atoms. The molecular weight excluding hydrogens is 364 g/mol. The van der Waals surface area contributed by atoms with Gasteiger partial charge in [-0.1, -0.05) is 15.9 Å². The van der Waals surface area contributed by atoms with Crippen LogP contribution in [0.3, 0.4) is 0 Å². The molecule has 3 rings (SSSR count). The number of piperazine rings is 1. The van der Waals surface area contributed by atoms with Gasteiger partial charge >= 0.3 is 5.69 Å². The highest BCUT2D eigenvalue weighted by molar-refractivity contribution is 9.10. The van der Waals surface area contributed by atoms with Crippen molar-refractivity contribution < 1.29 is 10.0 Å². The number of fused-ring (bicyclic) bond motifs is 1. The molecule has 8 heteroatoms. The minimum atomic E-state index is -0.372. The van der Waals surface area contributed by atoms with E-state index in [-0.39, 0.29) is 17.2 Å². The van der Waals surface area contributed by atoms with E-state index in [2.05, 4.69) is 25.8 Å². The zero-order chi connectivity index (χ0) is 16.4. The van der Waals surface area contributed by atoms with Gasteiger partial charge in [-0.15, -0.1) is 0 Å². The molecule has 1 N–H and O–H groups in total. The summed E-state index contributed by atoms with van der Waals surface area (Å²) in [4.78, 5) is 19.5. The number of anilines is 1. The van der Waals surface area contributed by atoms with Crippen LogP contribution in [-0.2, 0) is 0 Å². The molecule has 0 amide bonds. The lowest BCUT2D eigenvalue weighted by atomic mass is 10.1. The molecule has 2 aromatic rings. The molecule has 1 aliphatic rings. The van der Waals surface area contributed by atoms with E-state index >= 15 is 0 Å². The largest absolute Gasteiger partial charge is 0.395 e.